The van der Waals surface area contributed by atoms with E-state index in [-0.39, 0.29) is 22.8 Å². The van der Waals surface area contributed by atoms with Crippen molar-refractivity contribution in [3.05, 3.63) is 78.5 Å². The van der Waals surface area contributed by atoms with Crippen LogP contribution in [0.5, 0.6) is 0 Å². The number of hydrogen-bond donors (Lipinski definition) is 0. The number of amides is 1. The molecule has 0 radical (unpaired) electrons. The van der Waals surface area contributed by atoms with Crippen molar-refractivity contribution >= 4 is 17.5 Å². The second kappa shape index (κ2) is 8.22. The van der Waals surface area contributed by atoms with Crippen LogP contribution in [0.2, 0.25) is 0 Å². The van der Waals surface area contributed by atoms with Crippen LogP contribution in [0.3, 0.4) is 0 Å². The first-order valence-corrected chi connectivity index (χ1v) is 9.26. The van der Waals surface area contributed by atoms with Crippen LogP contribution >= 0.6 is 0 Å². The highest BCUT2D eigenvalue weighted by Gasteiger charge is 2.38. The third-order valence-corrected chi connectivity index (χ3v) is 4.60. The Kier molecular flexibility index (Phi) is 5.43. The fourth-order valence-corrected chi connectivity index (χ4v) is 3.24. The van der Waals surface area contributed by atoms with Gasteiger partial charge in [0.1, 0.15) is 17.8 Å². The average Bonchev–Trinajstić information content (AvgIpc) is 3.19. The Balaban J connectivity index is 1.99. The third kappa shape index (κ3) is 3.94. The van der Waals surface area contributed by atoms with Crippen molar-refractivity contribution in [1.82, 2.24) is 15.1 Å². The Hall–Kier alpha value is -4.08. The SMILES string of the molecule is CC(=O)N(c1ccccc1C(F)(F)F)c1onc(-c2ccc(F)cc2)c1-c1ccncn1. The summed E-state index contributed by atoms with van der Waals surface area (Å²) in [4.78, 5) is 21.4. The number of halogens is 4. The normalized spacial score (nSPS) is 11.4. The number of anilines is 2. The predicted molar refractivity (Wildman–Crippen MR) is 107 cm³/mol. The molecule has 32 heavy (non-hydrogen) atoms. The number of para-hydroxylation sites is 1. The quantitative estimate of drug-likeness (QED) is 0.383. The summed E-state index contributed by atoms with van der Waals surface area (Å²) in [6, 6.07) is 11.4. The van der Waals surface area contributed by atoms with Crippen molar-refractivity contribution in [3.63, 3.8) is 0 Å². The zero-order chi connectivity index (χ0) is 22.9. The van der Waals surface area contributed by atoms with E-state index in [0.29, 0.717) is 5.56 Å². The van der Waals surface area contributed by atoms with Crippen molar-refractivity contribution in [3.8, 4) is 22.5 Å². The van der Waals surface area contributed by atoms with Gasteiger partial charge in [0.05, 0.1) is 22.5 Å². The molecule has 0 aliphatic rings. The summed E-state index contributed by atoms with van der Waals surface area (Å²) < 4.78 is 59.9. The molecular weight excluding hydrogens is 428 g/mol. The van der Waals surface area contributed by atoms with Gasteiger partial charge in [0.25, 0.3) is 0 Å². The van der Waals surface area contributed by atoms with E-state index in [9.17, 15) is 22.4 Å². The van der Waals surface area contributed by atoms with Crippen LogP contribution in [0.15, 0.2) is 71.6 Å². The highest BCUT2D eigenvalue weighted by Crippen LogP contribution is 2.44. The van der Waals surface area contributed by atoms with Gasteiger partial charge >= 0.3 is 6.18 Å². The highest BCUT2D eigenvalue weighted by molar-refractivity contribution is 6.03. The standard InChI is InChI=1S/C22H14F4N4O2/c1-13(31)30(18-5-3-2-4-16(18)22(24,25)26)21-19(17-10-11-27-12-28-17)20(29-32-21)14-6-8-15(23)9-7-14/h2-12H,1H3. The van der Waals surface area contributed by atoms with Crippen LogP contribution in [0.25, 0.3) is 22.5 Å². The molecule has 2 aromatic heterocycles. The van der Waals surface area contributed by atoms with E-state index in [1.807, 2.05) is 0 Å². The average molecular weight is 442 g/mol. The third-order valence-electron chi connectivity index (χ3n) is 4.60. The summed E-state index contributed by atoms with van der Waals surface area (Å²) in [5.74, 6) is -1.48. The van der Waals surface area contributed by atoms with Crippen LogP contribution < -0.4 is 4.90 Å². The molecule has 0 unspecified atom stereocenters. The summed E-state index contributed by atoms with van der Waals surface area (Å²) in [6.45, 7) is 1.11. The first-order valence-electron chi connectivity index (χ1n) is 9.26. The fourth-order valence-electron chi connectivity index (χ4n) is 3.24. The molecule has 4 aromatic rings. The van der Waals surface area contributed by atoms with Gasteiger partial charge in [-0.15, -0.1) is 0 Å². The Morgan fingerprint density at radius 3 is 2.38 bits per heavy atom. The number of carbonyl (C=O) groups is 1. The molecule has 2 heterocycles. The molecule has 2 aromatic carbocycles. The van der Waals surface area contributed by atoms with E-state index >= 15 is 0 Å². The zero-order valence-corrected chi connectivity index (χ0v) is 16.5. The van der Waals surface area contributed by atoms with Crippen LogP contribution in [-0.4, -0.2) is 21.0 Å². The largest absolute Gasteiger partial charge is 0.418 e. The van der Waals surface area contributed by atoms with E-state index in [4.69, 9.17) is 4.52 Å². The molecule has 4 rings (SSSR count). The number of alkyl halides is 3. The zero-order valence-electron chi connectivity index (χ0n) is 16.5. The maximum absolute atomic E-state index is 13.7. The molecule has 0 N–H and O–H groups in total. The molecule has 0 bridgehead atoms. The summed E-state index contributed by atoms with van der Waals surface area (Å²) in [6.07, 6.45) is -2.06. The van der Waals surface area contributed by atoms with E-state index in [1.165, 1.54) is 55.0 Å². The number of rotatable bonds is 4. The number of nitrogens with zero attached hydrogens (tertiary/aromatic N) is 4. The van der Waals surface area contributed by atoms with Gasteiger partial charge in [-0.2, -0.15) is 13.2 Å². The second-order valence-corrected chi connectivity index (χ2v) is 6.68. The lowest BCUT2D eigenvalue weighted by Gasteiger charge is -2.23. The second-order valence-electron chi connectivity index (χ2n) is 6.68. The maximum Gasteiger partial charge on any atom is 0.418 e. The minimum Gasteiger partial charge on any atom is -0.336 e. The number of benzene rings is 2. The lowest BCUT2D eigenvalue weighted by molar-refractivity contribution is -0.137. The Morgan fingerprint density at radius 2 is 1.75 bits per heavy atom. The molecule has 6 nitrogen and oxygen atoms in total. The van der Waals surface area contributed by atoms with Gasteiger partial charge in [-0.05, 0) is 42.5 Å². The van der Waals surface area contributed by atoms with E-state index in [0.717, 1.165) is 24.0 Å². The van der Waals surface area contributed by atoms with E-state index in [1.54, 1.807) is 0 Å². The van der Waals surface area contributed by atoms with Gasteiger partial charge in [-0.25, -0.2) is 19.3 Å². The van der Waals surface area contributed by atoms with Gasteiger partial charge in [-0.3, -0.25) is 4.79 Å². The number of carbonyl (C=O) groups excluding carboxylic acids is 1. The van der Waals surface area contributed by atoms with Gasteiger partial charge < -0.3 is 4.52 Å². The molecule has 0 atom stereocenters. The summed E-state index contributed by atoms with van der Waals surface area (Å²) in [5, 5.41) is 3.98. The van der Waals surface area contributed by atoms with Crippen LogP contribution in [0.4, 0.5) is 29.1 Å². The van der Waals surface area contributed by atoms with Crippen molar-refractivity contribution in [1.29, 1.82) is 0 Å². The molecule has 0 aliphatic carbocycles. The summed E-state index contributed by atoms with van der Waals surface area (Å²) >= 11 is 0. The topological polar surface area (TPSA) is 72.1 Å². The molecule has 0 saturated heterocycles. The summed E-state index contributed by atoms with van der Waals surface area (Å²) in [7, 11) is 0. The fraction of sp³-hybridized carbons (Fsp3) is 0.0909. The Morgan fingerprint density at radius 1 is 1.03 bits per heavy atom. The van der Waals surface area contributed by atoms with Crippen molar-refractivity contribution in [2.24, 2.45) is 0 Å². The molecule has 0 saturated carbocycles. The molecule has 1 amide bonds. The molecule has 0 fully saturated rings. The van der Waals surface area contributed by atoms with Crippen LogP contribution in [0, 0.1) is 5.82 Å². The first-order chi connectivity index (χ1) is 15.3. The maximum atomic E-state index is 13.7. The Bertz CT molecular complexity index is 1260. The summed E-state index contributed by atoms with van der Waals surface area (Å²) in [5.41, 5.74) is -0.442. The molecular formula is C22H14F4N4O2. The van der Waals surface area contributed by atoms with Crippen molar-refractivity contribution < 1.29 is 26.9 Å². The van der Waals surface area contributed by atoms with Crippen molar-refractivity contribution in [2.45, 2.75) is 13.1 Å². The number of hydrogen-bond acceptors (Lipinski definition) is 5. The lowest BCUT2D eigenvalue weighted by atomic mass is 10.0. The first kappa shape index (κ1) is 21.2. The lowest BCUT2D eigenvalue weighted by Crippen LogP contribution is -2.26. The van der Waals surface area contributed by atoms with E-state index in [2.05, 4.69) is 15.1 Å². The minimum absolute atomic E-state index is 0.159. The van der Waals surface area contributed by atoms with Gasteiger partial charge in [0.2, 0.25) is 11.8 Å². The van der Waals surface area contributed by atoms with Gasteiger partial charge in [0, 0.05) is 18.7 Å². The van der Waals surface area contributed by atoms with Gasteiger partial charge in [0.15, 0.2) is 0 Å². The van der Waals surface area contributed by atoms with Crippen molar-refractivity contribution in [2.75, 3.05) is 4.90 Å². The molecule has 0 aliphatic heterocycles. The highest BCUT2D eigenvalue weighted by atomic mass is 19.4. The Labute approximate surface area is 179 Å². The molecule has 162 valence electrons. The van der Waals surface area contributed by atoms with Gasteiger partial charge in [-0.1, -0.05) is 17.3 Å². The number of aromatic nitrogens is 3. The molecule has 10 heteroatoms. The van der Waals surface area contributed by atoms with Crippen LogP contribution in [-0.2, 0) is 11.0 Å². The molecule has 0 spiro atoms. The monoisotopic (exact) mass is 442 g/mol. The predicted octanol–water partition coefficient (Wildman–Crippen LogP) is 5.64. The van der Waals surface area contributed by atoms with Crippen LogP contribution in [0.1, 0.15) is 12.5 Å². The van der Waals surface area contributed by atoms with E-state index < -0.39 is 29.2 Å². The smallest absolute Gasteiger partial charge is 0.336 e. The minimum atomic E-state index is -4.72.